The number of rotatable bonds is 5. The molecule has 0 bridgehead atoms. The molecule has 1 heterocycles. The van der Waals surface area contributed by atoms with E-state index in [1.54, 1.807) is 25.1 Å². The topological polar surface area (TPSA) is 58.6 Å². The lowest BCUT2D eigenvalue weighted by atomic mass is 10.2. The number of likely N-dealkylation sites (N-methyl/N-ethyl adjacent to an activating group) is 1. The first kappa shape index (κ1) is 15.3. The molecule has 0 spiro atoms. The van der Waals surface area contributed by atoms with Crippen molar-refractivity contribution >= 4 is 33.9 Å². The van der Waals surface area contributed by atoms with Crippen LogP contribution in [0.4, 0.5) is 4.79 Å². The second-order valence-corrected chi connectivity index (χ2v) is 5.18. The maximum atomic E-state index is 12.0. The predicted octanol–water partition coefficient (Wildman–Crippen LogP) is 2.93. The Morgan fingerprint density at radius 3 is 2.76 bits per heavy atom. The van der Waals surface area contributed by atoms with Crippen molar-refractivity contribution < 1.29 is 14.3 Å². The molecule has 110 valence electrons. The molecule has 2 rings (SSSR count). The Morgan fingerprint density at radius 2 is 2.19 bits per heavy atom. The number of imide groups is 1. The number of carbonyl (C=O) groups is 2. The summed E-state index contributed by atoms with van der Waals surface area (Å²) in [6.07, 6.45) is 3.30. The molecule has 5 nitrogen and oxygen atoms in total. The second-order valence-electron chi connectivity index (χ2n) is 4.33. The van der Waals surface area contributed by atoms with Gasteiger partial charge in [-0.05, 0) is 46.6 Å². The molecule has 0 saturated carbocycles. The minimum absolute atomic E-state index is 0.272. The summed E-state index contributed by atoms with van der Waals surface area (Å²) in [4.78, 5) is 24.7. The van der Waals surface area contributed by atoms with Gasteiger partial charge in [0.05, 0.1) is 4.47 Å². The summed E-state index contributed by atoms with van der Waals surface area (Å²) in [5.41, 5.74) is 1.06. The van der Waals surface area contributed by atoms with Gasteiger partial charge in [0.1, 0.15) is 18.1 Å². The molecule has 0 unspecified atom stereocenters. The van der Waals surface area contributed by atoms with Crippen molar-refractivity contribution in [3.05, 3.63) is 46.6 Å². The number of urea groups is 1. The van der Waals surface area contributed by atoms with E-state index >= 15 is 0 Å². The number of nitrogens with one attached hydrogen (secondary N) is 1. The number of benzene rings is 1. The third kappa shape index (κ3) is 3.33. The average Bonchev–Trinajstić information content (AvgIpc) is 2.72. The first-order valence-electron chi connectivity index (χ1n) is 6.44. The molecule has 0 radical (unpaired) electrons. The zero-order valence-electron chi connectivity index (χ0n) is 11.6. The lowest BCUT2D eigenvalue weighted by Crippen LogP contribution is -2.30. The van der Waals surface area contributed by atoms with E-state index in [0.29, 0.717) is 18.9 Å². The van der Waals surface area contributed by atoms with Gasteiger partial charge in [0.25, 0.3) is 5.91 Å². The van der Waals surface area contributed by atoms with Gasteiger partial charge in [0, 0.05) is 6.54 Å². The van der Waals surface area contributed by atoms with E-state index in [0.717, 1.165) is 14.9 Å². The Bertz CT molecular complexity index is 625. The summed E-state index contributed by atoms with van der Waals surface area (Å²) >= 11 is 3.41. The average molecular weight is 351 g/mol. The van der Waals surface area contributed by atoms with E-state index in [2.05, 4.69) is 27.8 Å². The summed E-state index contributed by atoms with van der Waals surface area (Å²) in [6.45, 7) is 6.11. The van der Waals surface area contributed by atoms with Crippen LogP contribution in [0.5, 0.6) is 5.75 Å². The smallest absolute Gasteiger partial charge is 0.328 e. The van der Waals surface area contributed by atoms with Crippen molar-refractivity contribution in [2.45, 2.75) is 6.92 Å². The van der Waals surface area contributed by atoms with Crippen molar-refractivity contribution in [1.29, 1.82) is 0 Å². The van der Waals surface area contributed by atoms with Crippen LogP contribution in [0.1, 0.15) is 12.5 Å². The highest BCUT2D eigenvalue weighted by Gasteiger charge is 2.31. The van der Waals surface area contributed by atoms with Crippen LogP contribution in [-0.4, -0.2) is 30.0 Å². The molecule has 1 aromatic carbocycles. The fourth-order valence-electron chi connectivity index (χ4n) is 1.90. The van der Waals surface area contributed by atoms with E-state index < -0.39 is 6.03 Å². The molecule has 3 amide bonds. The van der Waals surface area contributed by atoms with Gasteiger partial charge in [-0.3, -0.25) is 9.69 Å². The van der Waals surface area contributed by atoms with Gasteiger partial charge in [-0.1, -0.05) is 18.7 Å². The van der Waals surface area contributed by atoms with Crippen molar-refractivity contribution in [1.82, 2.24) is 10.2 Å². The summed E-state index contributed by atoms with van der Waals surface area (Å²) in [5, 5.41) is 2.56. The second kappa shape index (κ2) is 6.58. The van der Waals surface area contributed by atoms with E-state index in [4.69, 9.17) is 4.74 Å². The summed E-state index contributed by atoms with van der Waals surface area (Å²) in [6, 6.07) is 5.03. The van der Waals surface area contributed by atoms with Crippen LogP contribution < -0.4 is 10.1 Å². The Balaban J connectivity index is 2.22. The number of hydrogen-bond donors (Lipinski definition) is 1. The fraction of sp³-hybridized carbons (Fsp3) is 0.200. The van der Waals surface area contributed by atoms with Crippen LogP contribution in [0.15, 0.2) is 41.0 Å². The summed E-state index contributed by atoms with van der Waals surface area (Å²) in [7, 11) is 0. The number of nitrogens with zero attached hydrogens (tertiary/aromatic N) is 1. The van der Waals surface area contributed by atoms with Crippen LogP contribution in [0.3, 0.4) is 0 Å². The monoisotopic (exact) mass is 350 g/mol. The maximum absolute atomic E-state index is 12.0. The number of ether oxygens (including phenoxy) is 1. The Morgan fingerprint density at radius 1 is 1.43 bits per heavy atom. The Hall–Kier alpha value is -2.08. The molecule has 1 aliphatic rings. The first-order chi connectivity index (χ1) is 10.1. The first-order valence-corrected chi connectivity index (χ1v) is 7.24. The number of carbonyl (C=O) groups excluding carboxylic acids is 2. The molecule has 1 N–H and O–H groups in total. The van der Waals surface area contributed by atoms with Crippen molar-refractivity contribution in [2.75, 3.05) is 13.2 Å². The highest BCUT2D eigenvalue weighted by atomic mass is 79.9. The molecular formula is C15H15BrN2O3. The minimum atomic E-state index is -0.390. The van der Waals surface area contributed by atoms with Crippen LogP contribution in [0.25, 0.3) is 6.08 Å². The lowest BCUT2D eigenvalue weighted by Gasteiger charge is -2.07. The number of hydrogen-bond acceptors (Lipinski definition) is 3. The molecule has 1 aromatic rings. The molecule has 0 aromatic heterocycles. The van der Waals surface area contributed by atoms with Gasteiger partial charge >= 0.3 is 6.03 Å². The Kier molecular flexibility index (Phi) is 4.80. The quantitative estimate of drug-likeness (QED) is 0.504. The van der Waals surface area contributed by atoms with Crippen LogP contribution >= 0.6 is 15.9 Å². The Labute approximate surface area is 131 Å². The number of amides is 3. The zero-order valence-corrected chi connectivity index (χ0v) is 13.1. The fourth-order valence-corrected chi connectivity index (χ4v) is 2.41. The van der Waals surface area contributed by atoms with Crippen LogP contribution in [-0.2, 0) is 4.79 Å². The molecule has 1 aliphatic heterocycles. The van der Waals surface area contributed by atoms with E-state index in [1.165, 1.54) is 0 Å². The third-order valence-electron chi connectivity index (χ3n) is 2.90. The highest BCUT2D eigenvalue weighted by molar-refractivity contribution is 9.10. The maximum Gasteiger partial charge on any atom is 0.328 e. The van der Waals surface area contributed by atoms with Crippen molar-refractivity contribution in [3.8, 4) is 5.75 Å². The minimum Gasteiger partial charge on any atom is -0.488 e. The highest BCUT2D eigenvalue weighted by Crippen LogP contribution is 2.27. The van der Waals surface area contributed by atoms with Gasteiger partial charge < -0.3 is 10.1 Å². The third-order valence-corrected chi connectivity index (χ3v) is 3.52. The lowest BCUT2D eigenvalue weighted by molar-refractivity contribution is -0.122. The van der Waals surface area contributed by atoms with Gasteiger partial charge in [-0.25, -0.2) is 4.79 Å². The normalized spacial score (nSPS) is 16.3. The summed E-state index contributed by atoms with van der Waals surface area (Å²) < 4.78 is 6.22. The largest absolute Gasteiger partial charge is 0.488 e. The van der Waals surface area contributed by atoms with E-state index in [1.807, 2.05) is 12.1 Å². The molecular weight excluding hydrogens is 336 g/mol. The van der Waals surface area contributed by atoms with Gasteiger partial charge in [-0.2, -0.15) is 0 Å². The van der Waals surface area contributed by atoms with E-state index in [-0.39, 0.29) is 11.6 Å². The SMILES string of the molecule is C=CCOc1ccc(/C=C2/NC(=O)N(CC)C2=O)cc1Br. The van der Waals surface area contributed by atoms with Crippen LogP contribution in [0, 0.1) is 0 Å². The molecule has 1 fully saturated rings. The van der Waals surface area contributed by atoms with Gasteiger partial charge in [-0.15, -0.1) is 0 Å². The predicted molar refractivity (Wildman–Crippen MR) is 83.7 cm³/mol. The van der Waals surface area contributed by atoms with Gasteiger partial charge in [0.15, 0.2) is 0 Å². The molecule has 6 heteroatoms. The zero-order chi connectivity index (χ0) is 15.4. The number of halogens is 1. The summed E-state index contributed by atoms with van der Waals surface area (Å²) in [5.74, 6) is 0.375. The molecule has 0 aliphatic carbocycles. The standard InChI is InChI=1S/C15H15BrN2O3/c1-3-7-21-13-6-5-10(8-11(13)16)9-12-14(19)18(4-2)15(20)17-12/h3,5-6,8-9H,1,4,7H2,2H3,(H,17,20)/b12-9+. The van der Waals surface area contributed by atoms with Crippen molar-refractivity contribution in [2.24, 2.45) is 0 Å². The van der Waals surface area contributed by atoms with Crippen molar-refractivity contribution in [3.63, 3.8) is 0 Å². The van der Waals surface area contributed by atoms with E-state index in [9.17, 15) is 9.59 Å². The van der Waals surface area contributed by atoms with Crippen LogP contribution in [0.2, 0.25) is 0 Å². The molecule has 1 saturated heterocycles. The van der Waals surface area contributed by atoms with Gasteiger partial charge in [0.2, 0.25) is 0 Å². The molecule has 0 atom stereocenters. The molecule has 21 heavy (non-hydrogen) atoms.